The molecule has 2 aromatic rings. The molecule has 1 saturated heterocycles. The minimum atomic E-state index is -4.45. The van der Waals surface area contributed by atoms with Crippen LogP contribution < -0.4 is 10.3 Å². The molecule has 7 nitrogen and oxygen atoms in total. The average molecular weight is 544 g/mol. The van der Waals surface area contributed by atoms with Gasteiger partial charge in [0, 0.05) is 23.6 Å². The molecule has 1 amide bonds. The van der Waals surface area contributed by atoms with Gasteiger partial charge in [0.25, 0.3) is 5.56 Å². The number of benzene rings is 1. The lowest BCUT2D eigenvalue weighted by atomic mass is 9.74. The summed E-state index contributed by atoms with van der Waals surface area (Å²) >= 11 is 0. The molecule has 204 valence electrons. The van der Waals surface area contributed by atoms with Gasteiger partial charge < -0.3 is 19.1 Å². The molecule has 3 heterocycles. The molecule has 2 fully saturated rings. The summed E-state index contributed by atoms with van der Waals surface area (Å²) < 4.78 is 50.7. The fraction of sp³-hybridized carbons (Fsp3) is 0.615. The number of carbonyl (C=O) groups excluding carboxylic acids is 1. The molecule has 2 atom stereocenters. The number of halogens is 4. The smallest absolute Gasteiger partial charge is 0.416 e. The predicted molar refractivity (Wildman–Crippen MR) is 133 cm³/mol. The Hall–Kier alpha value is -2.46. The predicted octanol–water partition coefficient (Wildman–Crippen LogP) is 5.16. The number of nitrogens with zero attached hydrogens (tertiary/aromatic N) is 2. The Labute approximate surface area is 219 Å². The lowest BCUT2D eigenvalue weighted by Crippen LogP contribution is -2.49. The number of hydrogen-bond donors (Lipinski definition) is 1. The third-order valence-corrected chi connectivity index (χ3v) is 8.46. The van der Waals surface area contributed by atoms with Gasteiger partial charge in [-0.3, -0.25) is 9.59 Å². The van der Waals surface area contributed by atoms with Crippen LogP contribution in [0.25, 0.3) is 0 Å². The van der Waals surface area contributed by atoms with Crippen LogP contribution in [0.5, 0.6) is 5.75 Å². The first-order chi connectivity index (χ1) is 17.1. The highest BCUT2D eigenvalue weighted by Gasteiger charge is 2.51. The van der Waals surface area contributed by atoms with Crippen molar-refractivity contribution >= 4 is 18.3 Å². The van der Waals surface area contributed by atoms with E-state index >= 15 is 0 Å². The van der Waals surface area contributed by atoms with Gasteiger partial charge in [0.15, 0.2) is 6.73 Å². The number of ether oxygens (including phenoxy) is 1. The Morgan fingerprint density at radius 2 is 1.89 bits per heavy atom. The number of aromatic amines is 1. The molecule has 37 heavy (non-hydrogen) atoms. The van der Waals surface area contributed by atoms with Crippen molar-refractivity contribution in [3.63, 3.8) is 0 Å². The summed E-state index contributed by atoms with van der Waals surface area (Å²) in [5.74, 6) is 1.37. The zero-order chi connectivity index (χ0) is 25.7. The minimum absolute atomic E-state index is 0. The van der Waals surface area contributed by atoms with Gasteiger partial charge in [-0.2, -0.15) is 18.3 Å². The quantitative estimate of drug-likeness (QED) is 0.576. The van der Waals surface area contributed by atoms with Crippen LogP contribution in [-0.4, -0.2) is 46.7 Å². The summed E-state index contributed by atoms with van der Waals surface area (Å²) in [6.07, 6.45) is -0.307. The molecule has 1 aliphatic carbocycles. The van der Waals surface area contributed by atoms with Gasteiger partial charge in [-0.05, 0) is 69.3 Å². The summed E-state index contributed by atoms with van der Waals surface area (Å²) in [4.78, 5) is 29.3. The first-order valence-corrected chi connectivity index (χ1v) is 12.6. The summed E-state index contributed by atoms with van der Waals surface area (Å²) in [6, 6.07) is 5.23. The maximum Gasteiger partial charge on any atom is 0.416 e. The van der Waals surface area contributed by atoms with E-state index in [-0.39, 0.29) is 55.0 Å². The molecule has 3 aliphatic rings. The van der Waals surface area contributed by atoms with E-state index in [1.54, 1.807) is 4.90 Å². The van der Waals surface area contributed by atoms with Crippen LogP contribution in [0.1, 0.15) is 68.8 Å². The van der Waals surface area contributed by atoms with Gasteiger partial charge in [0.2, 0.25) is 5.91 Å². The molecular formula is C26H33ClF3N3O4. The first-order valence-electron chi connectivity index (χ1n) is 12.6. The maximum atomic E-state index is 13.9. The standard InChI is InChI=1S/C26H32F3N3O4.ClH/c1-16(2)25(24(34)32-14-18-11-19(26(27,28)29)3-4-21(18)35-15-32)8-5-20(13-25)31-9-6-17(7-10-31)22-12-23(33)30-36-22;/h3-4,11-12,16-17,20H,5-10,13-15H2,1-2H3,(H,30,33);1H/t20-,25+;/m1./s1. The van der Waals surface area contributed by atoms with E-state index in [1.807, 2.05) is 0 Å². The zero-order valence-electron chi connectivity index (χ0n) is 21.0. The van der Waals surface area contributed by atoms with Crippen molar-refractivity contribution in [1.82, 2.24) is 15.0 Å². The van der Waals surface area contributed by atoms with E-state index in [0.717, 1.165) is 57.3 Å². The molecular weight excluding hydrogens is 511 g/mol. The van der Waals surface area contributed by atoms with Crippen molar-refractivity contribution in [3.8, 4) is 5.75 Å². The highest BCUT2D eigenvalue weighted by atomic mass is 35.5. The van der Waals surface area contributed by atoms with Crippen LogP contribution in [0.2, 0.25) is 0 Å². The number of rotatable bonds is 4. The van der Waals surface area contributed by atoms with E-state index < -0.39 is 17.2 Å². The second kappa shape index (κ2) is 10.4. The van der Waals surface area contributed by atoms with Crippen LogP contribution in [0.3, 0.4) is 0 Å². The summed E-state index contributed by atoms with van der Waals surface area (Å²) in [5, 5.41) is 2.36. The molecule has 0 radical (unpaired) electrons. The van der Waals surface area contributed by atoms with Crippen molar-refractivity contribution < 1.29 is 27.2 Å². The number of hydrogen-bond acceptors (Lipinski definition) is 5. The second-order valence-corrected chi connectivity index (χ2v) is 10.7. The lowest BCUT2D eigenvalue weighted by molar-refractivity contribution is -0.150. The van der Waals surface area contributed by atoms with Crippen molar-refractivity contribution in [3.05, 3.63) is 51.5 Å². The Balaban J connectivity index is 0.00000320. The number of alkyl halides is 3. The van der Waals surface area contributed by atoms with E-state index in [0.29, 0.717) is 17.1 Å². The number of piperidine rings is 1. The number of likely N-dealkylation sites (tertiary alicyclic amines) is 1. The largest absolute Gasteiger partial charge is 0.473 e. The molecule has 5 rings (SSSR count). The number of aromatic nitrogens is 1. The summed E-state index contributed by atoms with van der Waals surface area (Å²) in [7, 11) is 0. The lowest BCUT2D eigenvalue weighted by Gasteiger charge is -2.41. The van der Waals surface area contributed by atoms with Crippen LogP contribution in [0.15, 0.2) is 33.6 Å². The van der Waals surface area contributed by atoms with E-state index in [1.165, 1.54) is 12.1 Å². The summed E-state index contributed by atoms with van der Waals surface area (Å²) in [5.41, 5.74) is -1.14. The number of carbonyl (C=O) groups is 1. The van der Waals surface area contributed by atoms with Crippen molar-refractivity contribution in [2.24, 2.45) is 11.3 Å². The molecule has 1 saturated carbocycles. The van der Waals surface area contributed by atoms with Gasteiger partial charge in [0.05, 0.1) is 17.5 Å². The van der Waals surface area contributed by atoms with Crippen molar-refractivity contribution in [1.29, 1.82) is 0 Å². The Morgan fingerprint density at radius 1 is 1.16 bits per heavy atom. The van der Waals surface area contributed by atoms with Gasteiger partial charge in [-0.25, -0.2) is 0 Å². The van der Waals surface area contributed by atoms with E-state index in [4.69, 9.17) is 9.26 Å². The molecule has 0 unspecified atom stereocenters. The molecule has 1 aromatic heterocycles. The normalized spacial score (nSPS) is 25.0. The molecule has 1 N–H and O–H groups in total. The van der Waals surface area contributed by atoms with Gasteiger partial charge in [-0.1, -0.05) is 13.8 Å². The highest BCUT2D eigenvalue weighted by molar-refractivity contribution is 5.85. The SMILES string of the molecule is CC(C)[C@]1(C(=O)N2COc3ccc(C(F)(F)F)cc3C2)CC[C@@H](N2CCC(c3cc(=O)[nH]o3)CC2)C1.Cl. The topological polar surface area (TPSA) is 78.8 Å². The van der Waals surface area contributed by atoms with Crippen LogP contribution >= 0.6 is 12.4 Å². The Kier molecular flexibility index (Phi) is 7.72. The van der Waals surface area contributed by atoms with Gasteiger partial charge >= 0.3 is 6.18 Å². The van der Waals surface area contributed by atoms with Gasteiger partial charge in [0.1, 0.15) is 11.5 Å². The first kappa shape index (κ1) is 27.6. The fourth-order valence-electron chi connectivity index (χ4n) is 6.24. The average Bonchev–Trinajstić information content (AvgIpc) is 3.50. The molecule has 2 aliphatic heterocycles. The van der Waals surface area contributed by atoms with Crippen molar-refractivity contribution in [2.45, 2.75) is 70.6 Å². The summed E-state index contributed by atoms with van der Waals surface area (Å²) in [6.45, 7) is 6.01. The second-order valence-electron chi connectivity index (χ2n) is 10.7. The third-order valence-electron chi connectivity index (χ3n) is 8.46. The maximum absolute atomic E-state index is 13.9. The van der Waals surface area contributed by atoms with E-state index in [9.17, 15) is 22.8 Å². The van der Waals surface area contributed by atoms with Crippen LogP contribution in [0.4, 0.5) is 13.2 Å². The minimum Gasteiger partial charge on any atom is -0.473 e. The van der Waals surface area contributed by atoms with Crippen LogP contribution in [0, 0.1) is 11.3 Å². The third kappa shape index (κ3) is 5.27. The highest BCUT2D eigenvalue weighted by Crippen LogP contribution is 2.49. The molecule has 0 bridgehead atoms. The number of amides is 1. The Bertz CT molecular complexity index is 1170. The molecule has 0 spiro atoms. The Morgan fingerprint density at radius 3 is 2.51 bits per heavy atom. The van der Waals surface area contributed by atoms with Crippen molar-refractivity contribution in [2.75, 3.05) is 19.8 Å². The number of nitrogens with one attached hydrogen (secondary N) is 1. The molecule has 11 heteroatoms. The zero-order valence-corrected chi connectivity index (χ0v) is 21.8. The fourth-order valence-corrected chi connectivity index (χ4v) is 6.24. The number of fused-ring (bicyclic) bond motifs is 1. The molecule has 1 aromatic carbocycles. The van der Waals surface area contributed by atoms with Crippen LogP contribution in [-0.2, 0) is 17.5 Å². The number of H-pyrrole nitrogens is 1. The van der Waals surface area contributed by atoms with E-state index in [2.05, 4.69) is 23.9 Å². The monoisotopic (exact) mass is 543 g/mol. The van der Waals surface area contributed by atoms with Gasteiger partial charge in [-0.15, -0.1) is 12.4 Å².